The number of para-hydroxylation sites is 1. The van der Waals surface area contributed by atoms with Crippen molar-refractivity contribution < 1.29 is 9.53 Å². The number of hydrogen-bond donors (Lipinski definition) is 1. The van der Waals surface area contributed by atoms with Gasteiger partial charge in [-0.05, 0) is 38.5 Å². The van der Waals surface area contributed by atoms with Crippen molar-refractivity contribution in [3.63, 3.8) is 0 Å². The number of ether oxygens (including phenoxy) is 1. The van der Waals surface area contributed by atoms with Gasteiger partial charge in [0.2, 0.25) is 5.91 Å². The summed E-state index contributed by atoms with van der Waals surface area (Å²) in [6.07, 6.45) is 0.222. The average Bonchev–Trinajstić information content (AvgIpc) is 2.28. The molecule has 100 valence electrons. The Kier molecular flexibility index (Phi) is 3.69. The van der Waals surface area contributed by atoms with Crippen LogP contribution >= 0.6 is 0 Å². The topological polar surface area (TPSA) is 65.2 Å². The van der Waals surface area contributed by atoms with E-state index in [2.05, 4.69) is 4.98 Å². The molecule has 4 heteroatoms. The Morgan fingerprint density at radius 3 is 2.79 bits per heavy atom. The minimum absolute atomic E-state index is 0.0764. The SMILES string of the molecule is Cc1cc(CC(N)=O)nc2c(OC(C)C)cccc12. The summed E-state index contributed by atoms with van der Waals surface area (Å²) in [4.78, 5) is 15.5. The summed E-state index contributed by atoms with van der Waals surface area (Å²) >= 11 is 0. The predicted octanol–water partition coefficient (Wildman–Crippen LogP) is 2.36. The van der Waals surface area contributed by atoms with Crippen LogP contribution in [-0.4, -0.2) is 17.0 Å². The summed E-state index contributed by atoms with van der Waals surface area (Å²) in [5.41, 5.74) is 7.76. The zero-order valence-electron chi connectivity index (χ0n) is 11.4. The van der Waals surface area contributed by atoms with Crippen LogP contribution in [0.1, 0.15) is 25.1 Å². The van der Waals surface area contributed by atoms with E-state index < -0.39 is 0 Å². The zero-order valence-corrected chi connectivity index (χ0v) is 11.4. The molecule has 1 aromatic heterocycles. The van der Waals surface area contributed by atoms with Crippen molar-refractivity contribution >= 4 is 16.8 Å². The van der Waals surface area contributed by atoms with Gasteiger partial charge in [0.25, 0.3) is 0 Å². The molecule has 0 aliphatic carbocycles. The number of nitrogens with two attached hydrogens (primary N) is 1. The number of nitrogens with zero attached hydrogens (tertiary/aromatic N) is 1. The van der Waals surface area contributed by atoms with Crippen molar-refractivity contribution in [1.82, 2.24) is 4.98 Å². The fourth-order valence-electron chi connectivity index (χ4n) is 2.08. The number of benzene rings is 1. The molecule has 1 aromatic carbocycles. The number of amides is 1. The molecule has 1 heterocycles. The second-order valence-corrected chi connectivity index (χ2v) is 4.89. The molecule has 0 aliphatic heterocycles. The summed E-state index contributed by atoms with van der Waals surface area (Å²) in [6, 6.07) is 7.73. The maximum absolute atomic E-state index is 11.0. The summed E-state index contributed by atoms with van der Waals surface area (Å²) in [7, 11) is 0. The Morgan fingerprint density at radius 2 is 2.16 bits per heavy atom. The fraction of sp³-hybridized carbons (Fsp3) is 0.333. The van der Waals surface area contributed by atoms with Crippen molar-refractivity contribution in [3.8, 4) is 5.75 Å². The van der Waals surface area contributed by atoms with Crippen LogP contribution in [0.2, 0.25) is 0 Å². The maximum atomic E-state index is 11.0. The Bertz CT molecular complexity index is 621. The highest BCUT2D eigenvalue weighted by Crippen LogP contribution is 2.27. The number of aromatic nitrogens is 1. The van der Waals surface area contributed by atoms with Gasteiger partial charge >= 0.3 is 0 Å². The van der Waals surface area contributed by atoms with Gasteiger partial charge in [-0.25, -0.2) is 4.98 Å². The molecule has 0 unspecified atom stereocenters. The summed E-state index contributed by atoms with van der Waals surface area (Å²) < 4.78 is 5.76. The quantitative estimate of drug-likeness (QED) is 0.915. The lowest BCUT2D eigenvalue weighted by atomic mass is 10.1. The zero-order chi connectivity index (χ0) is 14.0. The van der Waals surface area contributed by atoms with Crippen LogP contribution in [0.4, 0.5) is 0 Å². The van der Waals surface area contributed by atoms with Crippen LogP contribution in [0.25, 0.3) is 10.9 Å². The van der Waals surface area contributed by atoms with Crippen molar-refractivity contribution in [3.05, 3.63) is 35.5 Å². The highest BCUT2D eigenvalue weighted by molar-refractivity contribution is 5.88. The van der Waals surface area contributed by atoms with Gasteiger partial charge in [0.05, 0.1) is 18.2 Å². The van der Waals surface area contributed by atoms with Crippen LogP contribution < -0.4 is 10.5 Å². The van der Waals surface area contributed by atoms with Crippen LogP contribution in [0, 0.1) is 6.92 Å². The first-order valence-electron chi connectivity index (χ1n) is 6.31. The molecule has 19 heavy (non-hydrogen) atoms. The van der Waals surface area contributed by atoms with E-state index in [1.807, 2.05) is 45.0 Å². The lowest BCUT2D eigenvalue weighted by Crippen LogP contribution is -2.15. The van der Waals surface area contributed by atoms with Crippen molar-refractivity contribution in [2.24, 2.45) is 5.73 Å². The number of rotatable bonds is 4. The third-order valence-electron chi connectivity index (χ3n) is 2.78. The van der Waals surface area contributed by atoms with Crippen molar-refractivity contribution in [2.75, 3.05) is 0 Å². The number of aryl methyl sites for hydroxylation is 1. The second kappa shape index (κ2) is 5.26. The summed E-state index contributed by atoms with van der Waals surface area (Å²) in [5, 5.41) is 1.03. The molecular formula is C15H18N2O2. The molecule has 0 bridgehead atoms. The molecule has 0 aliphatic rings. The minimum atomic E-state index is -0.381. The molecule has 0 saturated heterocycles. The van der Waals surface area contributed by atoms with E-state index in [0.717, 1.165) is 22.2 Å². The fourth-order valence-corrected chi connectivity index (χ4v) is 2.08. The molecule has 4 nitrogen and oxygen atoms in total. The molecule has 2 aromatic rings. The lowest BCUT2D eigenvalue weighted by Gasteiger charge is -2.13. The summed E-state index contributed by atoms with van der Waals surface area (Å²) in [5.74, 6) is 0.357. The van der Waals surface area contributed by atoms with Gasteiger partial charge < -0.3 is 10.5 Å². The molecule has 2 N–H and O–H groups in total. The smallest absolute Gasteiger partial charge is 0.223 e. The first-order valence-corrected chi connectivity index (χ1v) is 6.31. The molecule has 0 atom stereocenters. The third kappa shape index (κ3) is 3.02. The molecule has 0 spiro atoms. The van der Waals surface area contributed by atoms with Crippen LogP contribution in [0.15, 0.2) is 24.3 Å². The number of fused-ring (bicyclic) bond motifs is 1. The van der Waals surface area contributed by atoms with Crippen LogP contribution in [0.3, 0.4) is 0 Å². The van der Waals surface area contributed by atoms with Gasteiger partial charge in [0.15, 0.2) is 0 Å². The highest BCUT2D eigenvalue weighted by atomic mass is 16.5. The average molecular weight is 258 g/mol. The molecule has 0 fully saturated rings. The van der Waals surface area contributed by atoms with Gasteiger partial charge in [-0.15, -0.1) is 0 Å². The van der Waals surface area contributed by atoms with E-state index in [0.29, 0.717) is 5.69 Å². The standard InChI is InChI=1S/C15H18N2O2/c1-9(2)19-13-6-4-5-12-10(3)7-11(8-14(16)18)17-15(12)13/h4-7,9H,8H2,1-3H3,(H2,16,18). The number of hydrogen-bond acceptors (Lipinski definition) is 3. The first kappa shape index (κ1) is 13.3. The number of primary amides is 1. The molecular weight excluding hydrogens is 240 g/mol. The van der Waals surface area contributed by atoms with E-state index in [9.17, 15) is 4.79 Å². The Labute approximate surface area is 112 Å². The van der Waals surface area contributed by atoms with Gasteiger partial charge in [-0.1, -0.05) is 12.1 Å². The highest BCUT2D eigenvalue weighted by Gasteiger charge is 2.10. The maximum Gasteiger partial charge on any atom is 0.223 e. The van der Waals surface area contributed by atoms with Gasteiger partial charge in [0.1, 0.15) is 11.3 Å². The molecule has 2 rings (SSSR count). The largest absolute Gasteiger partial charge is 0.489 e. The van der Waals surface area contributed by atoms with Crippen molar-refractivity contribution in [2.45, 2.75) is 33.3 Å². The third-order valence-corrected chi connectivity index (χ3v) is 2.78. The Morgan fingerprint density at radius 1 is 1.42 bits per heavy atom. The number of carbonyl (C=O) groups excluding carboxylic acids is 1. The van der Waals surface area contributed by atoms with Crippen LogP contribution in [-0.2, 0) is 11.2 Å². The number of pyridine rings is 1. The normalized spacial score (nSPS) is 10.9. The Hall–Kier alpha value is -2.10. The minimum Gasteiger partial charge on any atom is -0.489 e. The molecule has 0 saturated carbocycles. The van der Waals surface area contributed by atoms with E-state index in [1.165, 1.54) is 0 Å². The summed E-state index contributed by atoms with van der Waals surface area (Å²) in [6.45, 7) is 5.94. The van der Waals surface area contributed by atoms with Gasteiger partial charge in [0, 0.05) is 5.39 Å². The second-order valence-electron chi connectivity index (χ2n) is 4.89. The molecule has 1 amide bonds. The predicted molar refractivity (Wildman–Crippen MR) is 75.1 cm³/mol. The van der Waals surface area contributed by atoms with Gasteiger partial charge in [-0.3, -0.25) is 4.79 Å². The van der Waals surface area contributed by atoms with Crippen molar-refractivity contribution in [1.29, 1.82) is 0 Å². The van der Waals surface area contributed by atoms with E-state index in [1.54, 1.807) is 0 Å². The van der Waals surface area contributed by atoms with E-state index in [-0.39, 0.29) is 18.4 Å². The first-order chi connectivity index (χ1) is 8.97. The monoisotopic (exact) mass is 258 g/mol. The van der Waals surface area contributed by atoms with E-state index >= 15 is 0 Å². The molecule has 0 radical (unpaired) electrons. The van der Waals surface area contributed by atoms with E-state index in [4.69, 9.17) is 10.5 Å². The van der Waals surface area contributed by atoms with Crippen LogP contribution in [0.5, 0.6) is 5.75 Å². The lowest BCUT2D eigenvalue weighted by molar-refractivity contribution is -0.117. The van der Waals surface area contributed by atoms with Gasteiger partial charge in [-0.2, -0.15) is 0 Å². The Balaban J connectivity index is 2.58. The number of carbonyl (C=O) groups is 1.